The number of carbonyl (C=O) groups is 1. The Balaban J connectivity index is 2.37. The number of nitrogens with two attached hydrogens (primary N) is 1. The summed E-state index contributed by atoms with van der Waals surface area (Å²) in [5, 5.41) is 16.6. The molecule has 0 unspecified atom stereocenters. The second-order valence-corrected chi connectivity index (χ2v) is 5.10. The van der Waals surface area contributed by atoms with E-state index in [4.69, 9.17) is 10.8 Å². The van der Waals surface area contributed by atoms with Crippen molar-refractivity contribution in [1.29, 1.82) is 0 Å². The van der Waals surface area contributed by atoms with E-state index in [1.165, 1.54) is 0 Å². The summed E-state index contributed by atoms with van der Waals surface area (Å²) in [6.07, 6.45) is 1.07. The van der Waals surface area contributed by atoms with Crippen LogP contribution in [0.4, 0.5) is 0 Å². The van der Waals surface area contributed by atoms with Crippen LogP contribution in [-0.4, -0.2) is 55.0 Å². The Labute approximate surface area is 89.4 Å². The zero-order chi connectivity index (χ0) is 11.7. The maximum Gasteiger partial charge on any atom is 0.320 e. The Morgan fingerprint density at radius 3 is 2.33 bits per heavy atom. The van der Waals surface area contributed by atoms with Gasteiger partial charge in [-0.2, -0.15) is 10.2 Å². The van der Waals surface area contributed by atoms with Crippen molar-refractivity contribution in [3.63, 3.8) is 0 Å². The first kappa shape index (κ1) is 12.1. The van der Waals surface area contributed by atoms with Crippen molar-refractivity contribution in [1.82, 2.24) is 0 Å². The quantitative estimate of drug-likeness (QED) is 0.613. The smallest absolute Gasteiger partial charge is 0.320 e. The standard InChI is InChI=1S/C9H18N4O2/c1-13(2,3)5-4-9(11-12-9)6-7(10)8(14)15/h7H,4-6,10H2,1-3H3/p+1/t7-/m0/s1. The van der Waals surface area contributed by atoms with Gasteiger partial charge < -0.3 is 15.3 Å². The molecule has 0 radical (unpaired) electrons. The minimum Gasteiger partial charge on any atom is -0.480 e. The fourth-order valence-electron chi connectivity index (χ4n) is 1.31. The highest BCUT2D eigenvalue weighted by atomic mass is 16.4. The van der Waals surface area contributed by atoms with Gasteiger partial charge in [-0.25, -0.2) is 0 Å². The molecule has 0 aliphatic carbocycles. The van der Waals surface area contributed by atoms with E-state index in [0.717, 1.165) is 17.4 Å². The molecule has 3 N–H and O–H groups in total. The van der Waals surface area contributed by atoms with Crippen LogP contribution in [0.3, 0.4) is 0 Å². The van der Waals surface area contributed by atoms with Crippen molar-refractivity contribution in [2.75, 3.05) is 27.7 Å². The van der Waals surface area contributed by atoms with Gasteiger partial charge in [-0.3, -0.25) is 4.79 Å². The summed E-state index contributed by atoms with van der Waals surface area (Å²) < 4.78 is 0.815. The molecule has 0 aromatic heterocycles. The van der Waals surface area contributed by atoms with E-state index in [-0.39, 0.29) is 0 Å². The third-order valence-corrected chi connectivity index (χ3v) is 2.43. The summed E-state index contributed by atoms with van der Waals surface area (Å²) in [6, 6.07) is -0.868. The van der Waals surface area contributed by atoms with E-state index in [2.05, 4.69) is 31.4 Å². The fourth-order valence-corrected chi connectivity index (χ4v) is 1.31. The van der Waals surface area contributed by atoms with Gasteiger partial charge in [0, 0.05) is 12.8 Å². The lowest BCUT2D eigenvalue weighted by atomic mass is 10.0. The van der Waals surface area contributed by atoms with Crippen LogP contribution in [0.15, 0.2) is 10.2 Å². The topological polar surface area (TPSA) is 88.0 Å². The van der Waals surface area contributed by atoms with Crippen molar-refractivity contribution in [2.24, 2.45) is 16.0 Å². The van der Waals surface area contributed by atoms with Crippen LogP contribution in [0, 0.1) is 0 Å². The lowest BCUT2D eigenvalue weighted by Crippen LogP contribution is -2.40. The van der Waals surface area contributed by atoms with Gasteiger partial charge >= 0.3 is 5.97 Å². The highest BCUT2D eigenvalue weighted by Crippen LogP contribution is 2.36. The number of quaternary nitrogens is 1. The van der Waals surface area contributed by atoms with E-state index in [0.29, 0.717) is 6.42 Å². The van der Waals surface area contributed by atoms with Crippen molar-refractivity contribution < 1.29 is 14.4 Å². The summed E-state index contributed by atoms with van der Waals surface area (Å²) in [6.45, 7) is 0.902. The number of rotatable bonds is 6. The van der Waals surface area contributed by atoms with Crippen LogP contribution in [0.25, 0.3) is 0 Å². The van der Waals surface area contributed by atoms with Gasteiger partial charge in [0.15, 0.2) is 5.66 Å². The summed E-state index contributed by atoms with van der Waals surface area (Å²) in [7, 11) is 6.23. The summed E-state index contributed by atoms with van der Waals surface area (Å²) in [5.74, 6) is -0.989. The van der Waals surface area contributed by atoms with Crippen LogP contribution in [0.2, 0.25) is 0 Å². The van der Waals surface area contributed by atoms with Gasteiger partial charge in [-0.05, 0) is 0 Å². The highest BCUT2D eigenvalue weighted by molar-refractivity contribution is 5.73. The first-order valence-electron chi connectivity index (χ1n) is 4.97. The Morgan fingerprint density at radius 2 is 2.00 bits per heavy atom. The van der Waals surface area contributed by atoms with Gasteiger partial charge in [0.05, 0.1) is 27.7 Å². The molecule has 0 bridgehead atoms. The predicted molar refractivity (Wildman–Crippen MR) is 55.3 cm³/mol. The van der Waals surface area contributed by atoms with Crippen LogP contribution in [0.1, 0.15) is 12.8 Å². The van der Waals surface area contributed by atoms with Gasteiger partial charge in [0.1, 0.15) is 6.04 Å². The molecule has 86 valence electrons. The van der Waals surface area contributed by atoms with Crippen LogP contribution in [-0.2, 0) is 4.79 Å². The third-order valence-electron chi connectivity index (χ3n) is 2.43. The monoisotopic (exact) mass is 215 g/mol. The molecular weight excluding hydrogens is 196 g/mol. The Bertz CT molecular complexity index is 276. The zero-order valence-corrected chi connectivity index (χ0v) is 9.47. The van der Waals surface area contributed by atoms with Crippen LogP contribution < -0.4 is 5.73 Å². The first-order valence-corrected chi connectivity index (χ1v) is 4.97. The molecule has 15 heavy (non-hydrogen) atoms. The normalized spacial score (nSPS) is 20.0. The average Bonchev–Trinajstić information content (AvgIpc) is 2.81. The van der Waals surface area contributed by atoms with Gasteiger partial charge in [0.2, 0.25) is 0 Å². The predicted octanol–water partition coefficient (Wildman–Crippen LogP) is 0.0468. The van der Waals surface area contributed by atoms with Crippen LogP contribution in [0.5, 0.6) is 0 Å². The summed E-state index contributed by atoms with van der Waals surface area (Å²) in [4.78, 5) is 10.6. The molecular formula is C9H19N4O2+. The summed E-state index contributed by atoms with van der Waals surface area (Å²) >= 11 is 0. The highest BCUT2D eigenvalue weighted by Gasteiger charge is 2.43. The maximum absolute atomic E-state index is 10.6. The SMILES string of the molecule is C[N+](C)(C)CCC1(C[C@H](N)C(=O)O)N=N1. The number of hydrogen-bond acceptors (Lipinski definition) is 4. The van der Waals surface area contributed by atoms with Gasteiger partial charge in [-0.1, -0.05) is 0 Å². The van der Waals surface area contributed by atoms with E-state index < -0.39 is 17.7 Å². The minimum absolute atomic E-state index is 0.308. The Hall–Kier alpha value is -1.01. The van der Waals surface area contributed by atoms with Gasteiger partial charge in [-0.15, -0.1) is 0 Å². The molecule has 6 nitrogen and oxygen atoms in total. The van der Waals surface area contributed by atoms with Crippen LogP contribution >= 0.6 is 0 Å². The molecule has 0 spiro atoms. The second-order valence-electron chi connectivity index (χ2n) is 5.10. The molecule has 6 heteroatoms. The van der Waals surface area contributed by atoms with E-state index in [9.17, 15) is 4.79 Å². The molecule has 0 saturated carbocycles. The number of hydrogen-bond donors (Lipinski definition) is 2. The van der Waals surface area contributed by atoms with E-state index in [1.807, 2.05) is 0 Å². The molecule has 1 aliphatic heterocycles. The molecule has 1 heterocycles. The molecule has 0 saturated heterocycles. The molecule has 1 aliphatic rings. The molecule has 0 aromatic rings. The fraction of sp³-hybridized carbons (Fsp3) is 0.889. The largest absolute Gasteiger partial charge is 0.480 e. The minimum atomic E-state index is -0.989. The second kappa shape index (κ2) is 3.86. The Morgan fingerprint density at radius 1 is 1.47 bits per heavy atom. The molecule has 1 rings (SSSR count). The van der Waals surface area contributed by atoms with Crippen molar-refractivity contribution in [2.45, 2.75) is 24.5 Å². The molecule has 1 atom stereocenters. The molecule has 0 aromatic carbocycles. The number of aliphatic carboxylic acids is 1. The summed E-state index contributed by atoms with van der Waals surface area (Å²) in [5.41, 5.74) is 4.95. The first-order chi connectivity index (χ1) is 6.74. The average molecular weight is 215 g/mol. The van der Waals surface area contributed by atoms with E-state index >= 15 is 0 Å². The number of carboxylic acid groups (broad SMARTS) is 1. The van der Waals surface area contributed by atoms with Crippen molar-refractivity contribution >= 4 is 5.97 Å². The number of nitrogens with zero attached hydrogens (tertiary/aromatic N) is 3. The number of carboxylic acids is 1. The van der Waals surface area contributed by atoms with Crippen molar-refractivity contribution in [3.8, 4) is 0 Å². The van der Waals surface area contributed by atoms with E-state index in [1.54, 1.807) is 0 Å². The lowest BCUT2D eigenvalue weighted by molar-refractivity contribution is -0.870. The molecule has 0 amide bonds. The van der Waals surface area contributed by atoms with Gasteiger partial charge in [0.25, 0.3) is 0 Å². The third kappa shape index (κ3) is 3.93. The Kier molecular flexibility index (Phi) is 3.11. The molecule has 0 fully saturated rings. The maximum atomic E-state index is 10.6. The zero-order valence-electron chi connectivity index (χ0n) is 9.47. The van der Waals surface area contributed by atoms with Crippen molar-refractivity contribution in [3.05, 3.63) is 0 Å². The lowest BCUT2D eigenvalue weighted by Gasteiger charge is -2.25.